The average Bonchev–Trinajstić information content (AvgIpc) is 3.21. The van der Waals surface area contributed by atoms with Gasteiger partial charge in [-0.05, 0) is 30.7 Å². The summed E-state index contributed by atoms with van der Waals surface area (Å²) in [6.45, 7) is 2.27. The zero-order valence-corrected chi connectivity index (χ0v) is 16.3. The SMILES string of the molecule is CN=C(NCCNC(=O)C1CC1)N(C)CCc1cccs1.I. The topological polar surface area (TPSA) is 56.7 Å². The van der Waals surface area contributed by atoms with Gasteiger partial charge in [-0.15, -0.1) is 35.3 Å². The molecular weight excluding hydrogens is 411 g/mol. The Balaban J connectivity index is 0.00000242. The van der Waals surface area contributed by atoms with Gasteiger partial charge in [0.05, 0.1) is 0 Å². The zero-order valence-electron chi connectivity index (χ0n) is 13.2. The van der Waals surface area contributed by atoms with E-state index in [-0.39, 0.29) is 35.8 Å². The van der Waals surface area contributed by atoms with Crippen molar-refractivity contribution in [2.75, 3.05) is 33.7 Å². The first-order valence-electron chi connectivity index (χ1n) is 7.42. The maximum Gasteiger partial charge on any atom is 0.223 e. The number of nitrogens with zero attached hydrogens (tertiary/aromatic N) is 2. The van der Waals surface area contributed by atoms with Crippen LogP contribution in [-0.4, -0.2) is 50.5 Å². The standard InChI is InChI=1S/C15H24N4OS.HI/c1-16-15(18-9-8-17-14(20)12-5-6-12)19(2)10-7-13-4-3-11-21-13;/h3-4,11-12H,5-10H2,1-2H3,(H,16,18)(H,17,20);1H. The summed E-state index contributed by atoms with van der Waals surface area (Å²) in [6.07, 6.45) is 3.12. The van der Waals surface area contributed by atoms with Crippen molar-refractivity contribution in [1.29, 1.82) is 0 Å². The lowest BCUT2D eigenvalue weighted by atomic mass is 10.3. The van der Waals surface area contributed by atoms with Gasteiger partial charge in [-0.25, -0.2) is 0 Å². The summed E-state index contributed by atoms with van der Waals surface area (Å²) < 4.78 is 0. The maximum atomic E-state index is 11.5. The molecule has 0 atom stereocenters. The third kappa shape index (κ3) is 6.51. The number of carbonyl (C=O) groups is 1. The van der Waals surface area contributed by atoms with Crippen LogP contribution in [0.15, 0.2) is 22.5 Å². The Morgan fingerprint density at radius 1 is 1.41 bits per heavy atom. The number of rotatable bonds is 7. The van der Waals surface area contributed by atoms with E-state index in [1.807, 2.05) is 7.05 Å². The lowest BCUT2D eigenvalue weighted by Crippen LogP contribution is -2.43. The molecule has 1 aromatic heterocycles. The lowest BCUT2D eigenvalue weighted by Gasteiger charge is -2.21. The van der Waals surface area contributed by atoms with E-state index in [4.69, 9.17) is 0 Å². The van der Waals surface area contributed by atoms with Crippen LogP contribution in [0.1, 0.15) is 17.7 Å². The summed E-state index contributed by atoms with van der Waals surface area (Å²) in [5.41, 5.74) is 0. The number of hydrogen-bond donors (Lipinski definition) is 2. The summed E-state index contributed by atoms with van der Waals surface area (Å²) in [5, 5.41) is 8.32. The number of thiophene rings is 1. The summed E-state index contributed by atoms with van der Waals surface area (Å²) in [5.74, 6) is 1.34. The number of amides is 1. The minimum Gasteiger partial charge on any atom is -0.354 e. The Hall–Kier alpha value is -0.830. The highest BCUT2D eigenvalue weighted by molar-refractivity contribution is 14.0. The van der Waals surface area contributed by atoms with Crippen molar-refractivity contribution in [2.24, 2.45) is 10.9 Å². The van der Waals surface area contributed by atoms with Crippen molar-refractivity contribution >= 4 is 47.2 Å². The zero-order chi connectivity index (χ0) is 15.1. The largest absolute Gasteiger partial charge is 0.354 e. The van der Waals surface area contributed by atoms with Crippen LogP contribution < -0.4 is 10.6 Å². The molecule has 0 aliphatic heterocycles. The summed E-state index contributed by atoms with van der Waals surface area (Å²) in [6, 6.07) is 4.23. The molecule has 0 saturated heterocycles. The minimum absolute atomic E-state index is 0. The molecule has 124 valence electrons. The summed E-state index contributed by atoms with van der Waals surface area (Å²) in [4.78, 5) is 19.3. The van der Waals surface area contributed by atoms with Crippen molar-refractivity contribution in [3.05, 3.63) is 22.4 Å². The van der Waals surface area contributed by atoms with E-state index in [1.165, 1.54) is 4.88 Å². The third-order valence-corrected chi connectivity index (χ3v) is 4.44. The van der Waals surface area contributed by atoms with Crippen LogP contribution in [0.2, 0.25) is 0 Å². The Labute approximate surface area is 153 Å². The van der Waals surface area contributed by atoms with Crippen molar-refractivity contribution in [1.82, 2.24) is 15.5 Å². The van der Waals surface area contributed by atoms with Crippen LogP contribution in [0.5, 0.6) is 0 Å². The highest BCUT2D eigenvalue weighted by atomic mass is 127. The van der Waals surface area contributed by atoms with E-state index in [0.717, 1.165) is 31.8 Å². The van der Waals surface area contributed by atoms with E-state index >= 15 is 0 Å². The predicted octanol–water partition coefficient (Wildman–Crippen LogP) is 1.94. The molecule has 5 nitrogen and oxygen atoms in total. The van der Waals surface area contributed by atoms with Crippen molar-refractivity contribution in [2.45, 2.75) is 19.3 Å². The van der Waals surface area contributed by atoms with E-state index < -0.39 is 0 Å². The normalized spacial score (nSPS) is 14.2. The Morgan fingerprint density at radius 3 is 2.73 bits per heavy atom. The molecule has 1 saturated carbocycles. The molecule has 1 heterocycles. The second-order valence-corrected chi connectivity index (χ2v) is 6.32. The monoisotopic (exact) mass is 436 g/mol. The van der Waals surface area contributed by atoms with Gasteiger partial charge in [0.1, 0.15) is 0 Å². The number of carbonyl (C=O) groups excluding carboxylic acids is 1. The molecule has 2 rings (SSSR count). The van der Waals surface area contributed by atoms with Gasteiger partial charge in [0.25, 0.3) is 0 Å². The van der Waals surface area contributed by atoms with Crippen LogP contribution in [0.4, 0.5) is 0 Å². The molecular formula is C15H25IN4OS. The van der Waals surface area contributed by atoms with Gasteiger partial charge < -0.3 is 15.5 Å². The van der Waals surface area contributed by atoms with Crippen LogP contribution >= 0.6 is 35.3 Å². The molecule has 22 heavy (non-hydrogen) atoms. The molecule has 0 bridgehead atoms. The quantitative estimate of drug-likeness (QED) is 0.297. The molecule has 1 aromatic rings. The molecule has 7 heteroatoms. The molecule has 0 radical (unpaired) electrons. The van der Waals surface area contributed by atoms with Crippen molar-refractivity contribution < 1.29 is 4.79 Å². The maximum absolute atomic E-state index is 11.5. The fourth-order valence-corrected chi connectivity index (χ4v) is 2.77. The minimum atomic E-state index is 0. The Kier molecular flexibility index (Phi) is 8.77. The first-order valence-corrected chi connectivity index (χ1v) is 8.30. The first kappa shape index (κ1) is 19.2. The highest BCUT2D eigenvalue weighted by Crippen LogP contribution is 2.28. The molecule has 1 aliphatic rings. The van der Waals surface area contributed by atoms with Crippen LogP contribution in [0, 0.1) is 5.92 Å². The van der Waals surface area contributed by atoms with Gasteiger partial charge in [-0.2, -0.15) is 0 Å². The number of nitrogens with one attached hydrogen (secondary N) is 2. The number of aliphatic imine (C=N–C) groups is 1. The first-order chi connectivity index (χ1) is 10.2. The molecule has 1 aliphatic carbocycles. The molecule has 1 fully saturated rings. The summed E-state index contributed by atoms with van der Waals surface area (Å²) >= 11 is 1.78. The molecule has 1 amide bonds. The van der Waals surface area contributed by atoms with E-state index in [2.05, 4.69) is 38.0 Å². The fraction of sp³-hybridized carbons (Fsp3) is 0.600. The highest BCUT2D eigenvalue weighted by Gasteiger charge is 2.28. The van der Waals surface area contributed by atoms with Crippen LogP contribution in [0.25, 0.3) is 0 Å². The molecule has 0 unspecified atom stereocenters. The second-order valence-electron chi connectivity index (χ2n) is 5.29. The Morgan fingerprint density at radius 2 is 2.14 bits per heavy atom. The smallest absolute Gasteiger partial charge is 0.223 e. The van der Waals surface area contributed by atoms with Crippen LogP contribution in [-0.2, 0) is 11.2 Å². The number of guanidine groups is 1. The average molecular weight is 436 g/mol. The van der Waals surface area contributed by atoms with E-state index in [0.29, 0.717) is 13.1 Å². The van der Waals surface area contributed by atoms with Gasteiger partial charge in [0.2, 0.25) is 5.91 Å². The number of likely N-dealkylation sites (N-methyl/N-ethyl adjacent to an activating group) is 1. The number of hydrogen-bond acceptors (Lipinski definition) is 3. The van der Waals surface area contributed by atoms with Gasteiger partial charge >= 0.3 is 0 Å². The van der Waals surface area contributed by atoms with Gasteiger partial charge in [-0.3, -0.25) is 9.79 Å². The van der Waals surface area contributed by atoms with E-state index in [1.54, 1.807) is 18.4 Å². The summed E-state index contributed by atoms with van der Waals surface area (Å²) in [7, 11) is 3.82. The lowest BCUT2D eigenvalue weighted by molar-refractivity contribution is -0.122. The van der Waals surface area contributed by atoms with E-state index in [9.17, 15) is 4.79 Å². The third-order valence-electron chi connectivity index (χ3n) is 3.50. The van der Waals surface area contributed by atoms with Crippen LogP contribution in [0.3, 0.4) is 0 Å². The van der Waals surface area contributed by atoms with Gasteiger partial charge in [0, 0.05) is 44.5 Å². The van der Waals surface area contributed by atoms with Gasteiger partial charge in [0.15, 0.2) is 5.96 Å². The fourth-order valence-electron chi connectivity index (χ4n) is 2.07. The van der Waals surface area contributed by atoms with Crippen molar-refractivity contribution in [3.8, 4) is 0 Å². The molecule has 0 aromatic carbocycles. The van der Waals surface area contributed by atoms with Gasteiger partial charge in [-0.1, -0.05) is 6.07 Å². The molecule has 0 spiro atoms. The van der Waals surface area contributed by atoms with Crippen molar-refractivity contribution in [3.63, 3.8) is 0 Å². The second kappa shape index (κ2) is 10.0. The molecule has 2 N–H and O–H groups in total. The number of halogens is 1. The Bertz CT molecular complexity index is 474. The predicted molar refractivity (Wildman–Crippen MR) is 103 cm³/mol.